The number of ether oxygens (including phenoxy) is 2. The van der Waals surface area contributed by atoms with Crippen molar-refractivity contribution < 1.29 is 23.5 Å². The van der Waals surface area contributed by atoms with E-state index < -0.39 is 23.7 Å². The maximum atomic E-state index is 15.4. The van der Waals surface area contributed by atoms with Gasteiger partial charge in [0.1, 0.15) is 23.9 Å². The molecule has 1 saturated carbocycles. The van der Waals surface area contributed by atoms with Crippen molar-refractivity contribution in [2.45, 2.75) is 50.7 Å². The molecule has 208 valence electrons. The van der Waals surface area contributed by atoms with Gasteiger partial charge in [0.2, 0.25) is 11.8 Å². The molecule has 9 nitrogen and oxygen atoms in total. The lowest BCUT2D eigenvalue weighted by molar-refractivity contribution is -0.127. The molecule has 1 N–H and O–H groups in total. The molecule has 1 aromatic heterocycles. The fraction of sp³-hybridized carbons (Fsp3) is 0.333. The molecule has 2 amide bonds. The van der Waals surface area contributed by atoms with Crippen LogP contribution in [0.2, 0.25) is 0 Å². The number of carbonyl (C=O) groups excluding carboxylic acids is 2. The van der Waals surface area contributed by atoms with Gasteiger partial charge in [-0.05, 0) is 43.2 Å². The standard InChI is InChI=1S/C30H32FN5O4/c1-39-26-17-16-21(18-27(26)40-2)36(28(37)19-35-25-15-9-8-14-24(25)33-34-35)29(22-12-6-7-13-23(22)31)30(38)32-20-10-4-3-5-11-20/h6-9,12-18,20,29H,3-5,10-11,19H2,1-2H3,(H,32,38). The number of methoxy groups -OCH3 is 2. The van der Waals surface area contributed by atoms with Crippen LogP contribution in [-0.2, 0) is 16.1 Å². The molecule has 4 aromatic rings. The van der Waals surface area contributed by atoms with Gasteiger partial charge in [-0.15, -0.1) is 5.10 Å². The van der Waals surface area contributed by atoms with E-state index >= 15 is 4.39 Å². The molecule has 40 heavy (non-hydrogen) atoms. The molecular weight excluding hydrogens is 513 g/mol. The number of nitrogens with one attached hydrogen (secondary N) is 1. The number of carbonyl (C=O) groups is 2. The topological polar surface area (TPSA) is 98.6 Å². The van der Waals surface area contributed by atoms with E-state index in [9.17, 15) is 9.59 Å². The number of anilines is 1. The average Bonchev–Trinajstić information content (AvgIpc) is 3.39. The van der Waals surface area contributed by atoms with Crippen LogP contribution in [0.15, 0.2) is 66.7 Å². The maximum absolute atomic E-state index is 15.4. The molecule has 1 fully saturated rings. The number of amides is 2. The second-order valence-corrected chi connectivity index (χ2v) is 9.81. The molecule has 1 atom stereocenters. The molecule has 10 heteroatoms. The van der Waals surface area contributed by atoms with Crippen LogP contribution in [0.5, 0.6) is 11.5 Å². The summed E-state index contributed by atoms with van der Waals surface area (Å²) in [6.07, 6.45) is 4.81. The molecule has 1 aliphatic carbocycles. The van der Waals surface area contributed by atoms with E-state index in [1.54, 1.807) is 36.4 Å². The lowest BCUT2D eigenvalue weighted by Gasteiger charge is -2.34. The number of aromatic nitrogens is 3. The molecule has 1 unspecified atom stereocenters. The predicted octanol–water partition coefficient (Wildman–Crippen LogP) is 4.81. The Kier molecular flexibility index (Phi) is 8.23. The minimum atomic E-state index is -1.29. The Labute approximate surface area is 231 Å². The van der Waals surface area contributed by atoms with Crippen LogP contribution in [0.3, 0.4) is 0 Å². The molecule has 1 aliphatic rings. The number of para-hydroxylation sites is 1. The van der Waals surface area contributed by atoms with Crippen LogP contribution in [0.25, 0.3) is 11.0 Å². The molecule has 0 bridgehead atoms. The Morgan fingerprint density at radius 3 is 2.48 bits per heavy atom. The van der Waals surface area contributed by atoms with E-state index in [0.717, 1.165) is 32.1 Å². The average molecular weight is 546 g/mol. The summed E-state index contributed by atoms with van der Waals surface area (Å²) in [6, 6.07) is 16.9. The molecule has 0 radical (unpaired) electrons. The Morgan fingerprint density at radius 1 is 1.00 bits per heavy atom. The van der Waals surface area contributed by atoms with Crippen LogP contribution >= 0.6 is 0 Å². The van der Waals surface area contributed by atoms with Crippen molar-refractivity contribution in [2.24, 2.45) is 0 Å². The molecule has 3 aromatic carbocycles. The number of hydrogen-bond donors (Lipinski definition) is 1. The number of nitrogens with zero attached hydrogens (tertiary/aromatic N) is 4. The fourth-order valence-corrected chi connectivity index (χ4v) is 5.27. The summed E-state index contributed by atoms with van der Waals surface area (Å²) in [5.74, 6) is -0.701. The van der Waals surface area contributed by atoms with Gasteiger partial charge < -0.3 is 14.8 Å². The number of benzene rings is 3. The van der Waals surface area contributed by atoms with Crippen LogP contribution < -0.4 is 19.7 Å². The number of rotatable bonds is 9. The monoisotopic (exact) mass is 545 g/mol. The van der Waals surface area contributed by atoms with Gasteiger partial charge in [-0.25, -0.2) is 9.07 Å². The largest absolute Gasteiger partial charge is 0.493 e. The van der Waals surface area contributed by atoms with Gasteiger partial charge in [-0.3, -0.25) is 14.5 Å². The van der Waals surface area contributed by atoms with Crippen molar-refractivity contribution in [1.29, 1.82) is 0 Å². The summed E-state index contributed by atoms with van der Waals surface area (Å²) in [7, 11) is 3.00. The van der Waals surface area contributed by atoms with Crippen molar-refractivity contribution in [2.75, 3.05) is 19.1 Å². The maximum Gasteiger partial charge on any atom is 0.249 e. The highest BCUT2D eigenvalue weighted by Gasteiger charge is 2.36. The van der Waals surface area contributed by atoms with Crippen molar-refractivity contribution in [3.8, 4) is 11.5 Å². The van der Waals surface area contributed by atoms with Gasteiger partial charge >= 0.3 is 0 Å². The van der Waals surface area contributed by atoms with Crippen molar-refractivity contribution in [3.63, 3.8) is 0 Å². The lowest BCUT2D eigenvalue weighted by atomic mass is 9.94. The SMILES string of the molecule is COc1ccc(N(C(=O)Cn2nnc3ccccc32)C(C(=O)NC2CCCCC2)c2ccccc2F)cc1OC. The Balaban J connectivity index is 1.61. The minimum absolute atomic E-state index is 0.0443. The van der Waals surface area contributed by atoms with Crippen LogP contribution in [0.1, 0.15) is 43.7 Å². The van der Waals surface area contributed by atoms with E-state index in [4.69, 9.17) is 9.47 Å². The summed E-state index contributed by atoms with van der Waals surface area (Å²) in [6.45, 7) is -0.226. The third kappa shape index (κ3) is 5.61. The molecular formula is C30H32FN5O4. The van der Waals surface area contributed by atoms with Gasteiger partial charge in [-0.2, -0.15) is 0 Å². The van der Waals surface area contributed by atoms with Crippen LogP contribution in [0, 0.1) is 5.82 Å². The van der Waals surface area contributed by atoms with Gasteiger partial charge in [0.05, 0.1) is 19.7 Å². The summed E-state index contributed by atoms with van der Waals surface area (Å²) < 4.78 is 27.7. The molecule has 0 aliphatic heterocycles. The molecule has 0 spiro atoms. The van der Waals surface area contributed by atoms with E-state index in [2.05, 4.69) is 15.6 Å². The summed E-state index contributed by atoms with van der Waals surface area (Å²) in [5.41, 5.74) is 1.73. The third-order valence-corrected chi connectivity index (χ3v) is 7.28. The van der Waals surface area contributed by atoms with Gasteiger partial charge in [-0.1, -0.05) is 54.8 Å². The lowest BCUT2D eigenvalue weighted by Crippen LogP contribution is -2.48. The summed E-state index contributed by atoms with van der Waals surface area (Å²) in [5, 5.41) is 11.4. The second kappa shape index (κ2) is 12.1. The zero-order chi connectivity index (χ0) is 28.1. The Hall–Kier alpha value is -4.47. The number of fused-ring (bicyclic) bond motifs is 1. The summed E-state index contributed by atoms with van der Waals surface area (Å²) >= 11 is 0. The van der Waals surface area contributed by atoms with E-state index in [0.29, 0.717) is 28.2 Å². The predicted molar refractivity (Wildman–Crippen MR) is 149 cm³/mol. The minimum Gasteiger partial charge on any atom is -0.493 e. The first-order valence-electron chi connectivity index (χ1n) is 13.4. The zero-order valence-corrected chi connectivity index (χ0v) is 22.5. The van der Waals surface area contributed by atoms with Gasteiger partial charge in [0.15, 0.2) is 11.5 Å². The summed E-state index contributed by atoms with van der Waals surface area (Å²) in [4.78, 5) is 29.5. The van der Waals surface area contributed by atoms with Crippen LogP contribution in [-0.4, -0.2) is 47.1 Å². The van der Waals surface area contributed by atoms with Crippen LogP contribution in [0.4, 0.5) is 10.1 Å². The Bertz CT molecular complexity index is 1500. The first-order chi connectivity index (χ1) is 19.5. The van der Waals surface area contributed by atoms with E-state index in [1.165, 1.54) is 35.9 Å². The third-order valence-electron chi connectivity index (χ3n) is 7.28. The fourth-order valence-electron chi connectivity index (χ4n) is 5.27. The van der Waals surface area contributed by atoms with E-state index in [1.807, 2.05) is 18.2 Å². The van der Waals surface area contributed by atoms with E-state index in [-0.39, 0.29) is 18.2 Å². The first-order valence-corrected chi connectivity index (χ1v) is 13.4. The Morgan fingerprint density at radius 2 is 1.73 bits per heavy atom. The van der Waals surface area contributed by atoms with Gasteiger partial charge in [0, 0.05) is 23.4 Å². The number of halogens is 1. The van der Waals surface area contributed by atoms with Crippen molar-refractivity contribution >= 4 is 28.5 Å². The van der Waals surface area contributed by atoms with Gasteiger partial charge in [0.25, 0.3) is 0 Å². The van der Waals surface area contributed by atoms with Crippen molar-refractivity contribution in [3.05, 3.63) is 78.1 Å². The normalized spacial score (nSPS) is 14.5. The quantitative estimate of drug-likeness (QED) is 0.324. The first kappa shape index (κ1) is 27.1. The number of hydrogen-bond acceptors (Lipinski definition) is 6. The highest BCUT2D eigenvalue weighted by Crippen LogP contribution is 2.36. The highest BCUT2D eigenvalue weighted by atomic mass is 19.1. The smallest absolute Gasteiger partial charge is 0.249 e. The zero-order valence-electron chi connectivity index (χ0n) is 22.5. The molecule has 1 heterocycles. The molecule has 0 saturated heterocycles. The second-order valence-electron chi connectivity index (χ2n) is 9.81. The molecule has 5 rings (SSSR count). The van der Waals surface area contributed by atoms with Crippen molar-refractivity contribution in [1.82, 2.24) is 20.3 Å². The highest BCUT2D eigenvalue weighted by molar-refractivity contribution is 6.02.